The number of halogens is 1. The Morgan fingerprint density at radius 3 is 2.79 bits per heavy atom. The maximum atomic E-state index is 12.0. The fourth-order valence-electron chi connectivity index (χ4n) is 1.92. The van der Waals surface area contributed by atoms with Crippen LogP contribution in [-0.2, 0) is 4.79 Å². The van der Waals surface area contributed by atoms with Gasteiger partial charge in [0.1, 0.15) is 5.75 Å². The molecule has 1 aromatic heterocycles. The minimum Gasteiger partial charge on any atom is -0.508 e. The Morgan fingerprint density at radius 1 is 1.25 bits per heavy atom. The number of phenols is 1. The molecule has 0 radical (unpaired) electrons. The van der Waals surface area contributed by atoms with E-state index in [0.717, 1.165) is 0 Å². The zero-order chi connectivity index (χ0) is 16.9. The highest BCUT2D eigenvalue weighted by atomic mass is 35.5. The number of amides is 1. The van der Waals surface area contributed by atoms with Crippen molar-refractivity contribution in [3.05, 3.63) is 53.6 Å². The number of aromatic hydroxyl groups is 1. The van der Waals surface area contributed by atoms with E-state index in [4.69, 9.17) is 11.6 Å². The highest BCUT2D eigenvalue weighted by Crippen LogP contribution is 2.20. The van der Waals surface area contributed by atoms with Crippen molar-refractivity contribution in [3.8, 4) is 11.4 Å². The third kappa shape index (κ3) is 4.03. The van der Waals surface area contributed by atoms with E-state index in [0.29, 0.717) is 21.6 Å². The third-order valence-corrected chi connectivity index (χ3v) is 4.13. The Bertz CT molecular complexity index is 853. The van der Waals surface area contributed by atoms with Gasteiger partial charge in [0.15, 0.2) is 0 Å². The number of rotatable bonds is 5. The van der Waals surface area contributed by atoms with Crippen molar-refractivity contribution in [2.45, 2.75) is 5.16 Å². The van der Waals surface area contributed by atoms with Gasteiger partial charge in [-0.1, -0.05) is 29.4 Å². The van der Waals surface area contributed by atoms with Gasteiger partial charge in [0.05, 0.1) is 11.4 Å². The Hall–Kier alpha value is -2.58. The molecule has 1 amide bonds. The molecule has 2 N–H and O–H groups in total. The summed E-state index contributed by atoms with van der Waals surface area (Å²) in [5.74, 6) is 0.106. The number of anilines is 1. The molecule has 2 aromatic carbocycles. The molecule has 1 heterocycles. The van der Waals surface area contributed by atoms with Crippen LogP contribution >= 0.6 is 23.4 Å². The van der Waals surface area contributed by atoms with Crippen LogP contribution in [0.2, 0.25) is 5.02 Å². The summed E-state index contributed by atoms with van der Waals surface area (Å²) < 4.78 is 1.50. The van der Waals surface area contributed by atoms with Crippen molar-refractivity contribution in [1.82, 2.24) is 20.2 Å². The van der Waals surface area contributed by atoms with E-state index < -0.39 is 0 Å². The van der Waals surface area contributed by atoms with Gasteiger partial charge in [0.25, 0.3) is 0 Å². The van der Waals surface area contributed by atoms with Crippen LogP contribution in [0.25, 0.3) is 5.69 Å². The maximum absolute atomic E-state index is 12.0. The number of aromatic nitrogens is 4. The van der Waals surface area contributed by atoms with Gasteiger partial charge < -0.3 is 10.4 Å². The zero-order valence-corrected chi connectivity index (χ0v) is 13.8. The van der Waals surface area contributed by atoms with E-state index in [-0.39, 0.29) is 17.4 Å². The molecule has 0 unspecified atom stereocenters. The number of carbonyl (C=O) groups excluding carboxylic acids is 1. The predicted molar refractivity (Wildman–Crippen MR) is 91.6 cm³/mol. The van der Waals surface area contributed by atoms with Crippen LogP contribution in [0.5, 0.6) is 5.75 Å². The summed E-state index contributed by atoms with van der Waals surface area (Å²) in [6, 6.07) is 13.4. The smallest absolute Gasteiger partial charge is 0.234 e. The standard InChI is InChI=1S/C15H12ClN5O2S/c16-10-2-1-3-11(8-10)17-14(23)9-24-15-18-19-20-21(15)12-4-6-13(22)7-5-12/h1-8,22H,9H2,(H,17,23). The van der Waals surface area contributed by atoms with Gasteiger partial charge in [-0.3, -0.25) is 4.79 Å². The molecule has 7 nitrogen and oxygen atoms in total. The predicted octanol–water partition coefficient (Wildman–Crippen LogP) is 2.75. The molecule has 0 saturated heterocycles. The Labute approximate surface area is 146 Å². The van der Waals surface area contributed by atoms with E-state index in [2.05, 4.69) is 20.8 Å². The fourth-order valence-corrected chi connectivity index (χ4v) is 2.80. The number of hydrogen-bond donors (Lipinski definition) is 2. The Morgan fingerprint density at radius 2 is 2.04 bits per heavy atom. The van der Waals surface area contributed by atoms with Crippen LogP contribution in [0.15, 0.2) is 53.7 Å². The van der Waals surface area contributed by atoms with Crippen LogP contribution < -0.4 is 5.32 Å². The van der Waals surface area contributed by atoms with Crippen LogP contribution in [-0.4, -0.2) is 37.0 Å². The molecule has 3 rings (SSSR count). The molecule has 24 heavy (non-hydrogen) atoms. The highest BCUT2D eigenvalue weighted by molar-refractivity contribution is 7.99. The second-order valence-corrected chi connectivity index (χ2v) is 6.12. The van der Waals surface area contributed by atoms with Gasteiger partial charge >= 0.3 is 0 Å². The number of thioether (sulfide) groups is 1. The van der Waals surface area contributed by atoms with E-state index in [9.17, 15) is 9.90 Å². The molecule has 0 fully saturated rings. The molecule has 9 heteroatoms. The van der Waals surface area contributed by atoms with Crippen LogP contribution in [0.3, 0.4) is 0 Å². The van der Waals surface area contributed by atoms with E-state index in [1.165, 1.54) is 28.6 Å². The first-order valence-electron chi connectivity index (χ1n) is 6.88. The number of nitrogens with zero attached hydrogens (tertiary/aromatic N) is 4. The topological polar surface area (TPSA) is 92.9 Å². The van der Waals surface area contributed by atoms with Gasteiger partial charge in [-0.25, -0.2) is 0 Å². The van der Waals surface area contributed by atoms with Gasteiger partial charge in [0, 0.05) is 10.7 Å². The number of phenolic OH excluding ortho intramolecular Hbond substituents is 1. The summed E-state index contributed by atoms with van der Waals surface area (Å²) in [6.07, 6.45) is 0. The monoisotopic (exact) mass is 361 g/mol. The minimum atomic E-state index is -0.192. The number of carbonyl (C=O) groups is 1. The number of nitrogens with one attached hydrogen (secondary N) is 1. The number of tetrazole rings is 1. The van der Waals surface area contributed by atoms with Crippen molar-refractivity contribution in [2.24, 2.45) is 0 Å². The summed E-state index contributed by atoms with van der Waals surface area (Å²) in [5.41, 5.74) is 1.32. The lowest BCUT2D eigenvalue weighted by Crippen LogP contribution is -2.14. The molecule has 0 aliphatic carbocycles. The van der Waals surface area contributed by atoms with Crippen molar-refractivity contribution in [1.29, 1.82) is 0 Å². The summed E-state index contributed by atoms with van der Waals surface area (Å²) in [5, 5.41) is 24.5. The molecular formula is C15H12ClN5O2S. The highest BCUT2D eigenvalue weighted by Gasteiger charge is 2.12. The van der Waals surface area contributed by atoms with Crippen molar-refractivity contribution in [2.75, 3.05) is 11.1 Å². The molecule has 0 spiro atoms. The largest absolute Gasteiger partial charge is 0.508 e. The molecule has 3 aromatic rings. The van der Waals surface area contributed by atoms with E-state index in [1.54, 1.807) is 36.4 Å². The summed E-state index contributed by atoms with van der Waals surface area (Å²) >= 11 is 7.09. The first-order chi connectivity index (χ1) is 11.6. The Balaban J connectivity index is 1.64. The summed E-state index contributed by atoms with van der Waals surface area (Å²) in [6.45, 7) is 0. The first-order valence-corrected chi connectivity index (χ1v) is 8.24. The molecule has 0 bridgehead atoms. The van der Waals surface area contributed by atoms with E-state index >= 15 is 0 Å². The zero-order valence-electron chi connectivity index (χ0n) is 12.3. The second-order valence-electron chi connectivity index (χ2n) is 4.74. The van der Waals surface area contributed by atoms with Gasteiger partial charge in [-0.15, -0.1) is 5.10 Å². The summed E-state index contributed by atoms with van der Waals surface area (Å²) in [7, 11) is 0. The average molecular weight is 362 g/mol. The number of hydrogen-bond acceptors (Lipinski definition) is 6. The second kappa shape index (κ2) is 7.33. The fraction of sp³-hybridized carbons (Fsp3) is 0.0667. The van der Waals surface area contributed by atoms with Gasteiger partial charge in [0.2, 0.25) is 11.1 Å². The molecule has 122 valence electrons. The molecule has 0 saturated carbocycles. The van der Waals surface area contributed by atoms with Crippen molar-refractivity contribution < 1.29 is 9.90 Å². The van der Waals surface area contributed by atoms with Crippen molar-refractivity contribution in [3.63, 3.8) is 0 Å². The van der Waals surface area contributed by atoms with Crippen LogP contribution in [0, 0.1) is 0 Å². The van der Waals surface area contributed by atoms with Crippen LogP contribution in [0.4, 0.5) is 5.69 Å². The maximum Gasteiger partial charge on any atom is 0.234 e. The SMILES string of the molecule is O=C(CSc1nnnn1-c1ccc(O)cc1)Nc1cccc(Cl)c1. The molecular weight excluding hydrogens is 350 g/mol. The molecule has 0 aliphatic rings. The average Bonchev–Trinajstić information content (AvgIpc) is 3.02. The lowest BCUT2D eigenvalue weighted by molar-refractivity contribution is -0.113. The number of benzene rings is 2. The molecule has 0 aliphatic heterocycles. The lowest BCUT2D eigenvalue weighted by atomic mass is 10.3. The van der Waals surface area contributed by atoms with E-state index in [1.807, 2.05) is 0 Å². The van der Waals surface area contributed by atoms with Gasteiger partial charge in [-0.2, -0.15) is 4.68 Å². The first kappa shape index (κ1) is 16.3. The normalized spacial score (nSPS) is 10.5. The lowest BCUT2D eigenvalue weighted by Gasteiger charge is -2.06. The minimum absolute atomic E-state index is 0.144. The van der Waals surface area contributed by atoms with Crippen LogP contribution in [0.1, 0.15) is 0 Å². The van der Waals surface area contributed by atoms with Crippen molar-refractivity contribution >= 4 is 35.0 Å². The third-order valence-electron chi connectivity index (χ3n) is 2.98. The quantitative estimate of drug-likeness (QED) is 0.679. The Kier molecular flexibility index (Phi) is 4.97. The molecule has 0 atom stereocenters. The van der Waals surface area contributed by atoms with Gasteiger partial charge in [-0.05, 0) is 52.9 Å². The summed E-state index contributed by atoms with van der Waals surface area (Å²) in [4.78, 5) is 12.0.